The van der Waals surface area contributed by atoms with Gasteiger partial charge in [0.05, 0.1) is 19.8 Å². The quantitative estimate of drug-likeness (QED) is 0.551. The predicted molar refractivity (Wildman–Crippen MR) is 90.8 cm³/mol. The molecule has 2 heterocycles. The maximum absolute atomic E-state index is 12.3. The number of imide groups is 2. The molecule has 2 aromatic rings. The molecule has 1 saturated heterocycles. The predicted octanol–water partition coefficient (Wildman–Crippen LogP) is 1.45. The largest absolute Gasteiger partial charge is 0.497 e. The molecular formula is C17H18N4O6. The second-order valence-corrected chi connectivity index (χ2v) is 6.02. The third kappa shape index (κ3) is 3.21. The van der Waals surface area contributed by atoms with E-state index in [0.29, 0.717) is 17.1 Å². The summed E-state index contributed by atoms with van der Waals surface area (Å²) < 4.78 is 15.6. The molecule has 1 fully saturated rings. The van der Waals surface area contributed by atoms with Crippen LogP contribution in [0.3, 0.4) is 0 Å². The van der Waals surface area contributed by atoms with Gasteiger partial charge in [0.25, 0.3) is 0 Å². The van der Waals surface area contributed by atoms with E-state index in [1.54, 1.807) is 32.0 Å². The highest BCUT2D eigenvalue weighted by Gasteiger charge is 2.46. The van der Waals surface area contributed by atoms with Crippen molar-refractivity contribution in [1.29, 1.82) is 0 Å². The van der Waals surface area contributed by atoms with Gasteiger partial charge in [-0.25, -0.2) is 9.69 Å². The number of carbonyl (C=O) groups excluding carboxylic acids is 3. The smallest absolute Gasteiger partial charge is 0.334 e. The number of hydrogen-bond acceptors (Lipinski definition) is 8. The number of rotatable bonds is 6. The minimum atomic E-state index is -0.921. The fourth-order valence-electron chi connectivity index (χ4n) is 2.66. The van der Waals surface area contributed by atoms with E-state index in [0.717, 1.165) is 9.80 Å². The number of aromatic nitrogens is 2. The molecule has 1 aromatic heterocycles. The molecule has 10 heteroatoms. The first-order valence-electron chi connectivity index (χ1n) is 8.11. The van der Waals surface area contributed by atoms with Crippen LogP contribution in [0.4, 0.5) is 4.79 Å². The monoisotopic (exact) mass is 374 g/mol. The molecule has 142 valence electrons. The van der Waals surface area contributed by atoms with Gasteiger partial charge in [0.2, 0.25) is 11.7 Å². The molecule has 0 aliphatic carbocycles. The molecule has 0 atom stereocenters. The number of ether oxygens (including phenoxy) is 2. The zero-order valence-electron chi connectivity index (χ0n) is 15.3. The van der Waals surface area contributed by atoms with Crippen molar-refractivity contribution in [2.45, 2.75) is 26.4 Å². The van der Waals surface area contributed by atoms with Crippen molar-refractivity contribution in [1.82, 2.24) is 19.9 Å². The molecule has 0 spiro atoms. The van der Waals surface area contributed by atoms with Crippen molar-refractivity contribution in [2.75, 3.05) is 14.2 Å². The van der Waals surface area contributed by atoms with Crippen molar-refractivity contribution in [2.24, 2.45) is 0 Å². The molecule has 1 aromatic carbocycles. The molecule has 0 bridgehead atoms. The topological polar surface area (TPSA) is 115 Å². The molecular weight excluding hydrogens is 356 g/mol. The number of hydrogen-bond donors (Lipinski definition) is 0. The average Bonchev–Trinajstić information content (AvgIpc) is 3.20. The van der Waals surface area contributed by atoms with Crippen molar-refractivity contribution >= 4 is 17.8 Å². The van der Waals surface area contributed by atoms with E-state index >= 15 is 0 Å². The van der Waals surface area contributed by atoms with Crippen molar-refractivity contribution < 1.29 is 28.4 Å². The maximum atomic E-state index is 12.3. The highest BCUT2D eigenvalue weighted by atomic mass is 16.5. The summed E-state index contributed by atoms with van der Waals surface area (Å²) in [5.74, 6) is -0.489. The first-order valence-corrected chi connectivity index (χ1v) is 8.11. The van der Waals surface area contributed by atoms with Gasteiger partial charge in [0.15, 0.2) is 0 Å². The molecule has 0 unspecified atom stereocenters. The maximum Gasteiger partial charge on any atom is 0.334 e. The number of nitrogens with zero attached hydrogens (tertiary/aromatic N) is 4. The van der Waals surface area contributed by atoms with E-state index in [2.05, 4.69) is 10.1 Å². The minimum Gasteiger partial charge on any atom is -0.497 e. The first kappa shape index (κ1) is 18.4. The van der Waals surface area contributed by atoms with Crippen LogP contribution in [0.1, 0.15) is 19.7 Å². The van der Waals surface area contributed by atoms with Gasteiger partial charge in [0.1, 0.15) is 18.0 Å². The second kappa shape index (κ2) is 7.06. The van der Waals surface area contributed by atoms with Crippen LogP contribution < -0.4 is 9.47 Å². The van der Waals surface area contributed by atoms with E-state index < -0.39 is 23.9 Å². The molecule has 4 amide bonds. The Kier molecular flexibility index (Phi) is 4.80. The number of carbonyl (C=O) groups is 3. The van der Waals surface area contributed by atoms with Crippen LogP contribution in [0.2, 0.25) is 0 Å². The highest BCUT2D eigenvalue weighted by Crippen LogP contribution is 2.31. The average molecular weight is 374 g/mol. The van der Waals surface area contributed by atoms with Crippen molar-refractivity contribution in [3.8, 4) is 22.9 Å². The molecule has 0 saturated carbocycles. The van der Waals surface area contributed by atoms with Gasteiger partial charge in [-0.1, -0.05) is 5.16 Å². The van der Waals surface area contributed by atoms with E-state index in [1.165, 1.54) is 14.2 Å². The summed E-state index contributed by atoms with van der Waals surface area (Å²) in [5.41, 5.74) is 0.548. The lowest BCUT2D eigenvalue weighted by Gasteiger charge is -2.17. The summed E-state index contributed by atoms with van der Waals surface area (Å²) in [6, 6.07) is 3.93. The van der Waals surface area contributed by atoms with Crippen LogP contribution in [0.25, 0.3) is 11.4 Å². The third-order valence-electron chi connectivity index (χ3n) is 4.01. The summed E-state index contributed by atoms with van der Waals surface area (Å²) in [7, 11) is 3.03. The zero-order valence-corrected chi connectivity index (χ0v) is 15.3. The van der Waals surface area contributed by atoms with E-state index in [-0.39, 0.29) is 18.3 Å². The van der Waals surface area contributed by atoms with Crippen LogP contribution in [0, 0.1) is 0 Å². The van der Waals surface area contributed by atoms with Gasteiger partial charge >= 0.3 is 17.8 Å². The van der Waals surface area contributed by atoms with Crippen LogP contribution in [-0.4, -0.2) is 58.0 Å². The van der Waals surface area contributed by atoms with Gasteiger partial charge in [-0.3, -0.25) is 14.5 Å². The van der Waals surface area contributed by atoms with E-state index in [1.807, 2.05) is 0 Å². The molecule has 0 N–H and O–H groups in total. The second-order valence-electron chi connectivity index (χ2n) is 6.02. The Morgan fingerprint density at radius 3 is 2.44 bits per heavy atom. The minimum absolute atomic E-state index is 0.0166. The van der Waals surface area contributed by atoms with Crippen molar-refractivity contribution in [3.63, 3.8) is 0 Å². The van der Waals surface area contributed by atoms with Crippen LogP contribution in [0.15, 0.2) is 22.7 Å². The van der Waals surface area contributed by atoms with Crippen LogP contribution in [0.5, 0.6) is 11.5 Å². The molecule has 1 aliphatic heterocycles. The Balaban J connectivity index is 1.84. The van der Waals surface area contributed by atoms with Crippen molar-refractivity contribution in [3.05, 3.63) is 24.1 Å². The van der Waals surface area contributed by atoms with Gasteiger partial charge < -0.3 is 14.0 Å². The summed E-state index contributed by atoms with van der Waals surface area (Å²) >= 11 is 0. The van der Waals surface area contributed by atoms with Crippen LogP contribution >= 0.6 is 0 Å². The lowest BCUT2D eigenvalue weighted by Crippen LogP contribution is -2.37. The van der Waals surface area contributed by atoms with Gasteiger partial charge in [-0.2, -0.15) is 4.98 Å². The molecule has 1 aliphatic rings. The normalized spacial score (nSPS) is 14.5. The molecule has 10 nitrogen and oxygen atoms in total. The Bertz CT molecular complexity index is 907. The fraction of sp³-hybridized carbons (Fsp3) is 0.353. The Hall–Kier alpha value is -3.43. The number of methoxy groups -OCH3 is 2. The molecule has 0 radical (unpaired) electrons. The third-order valence-corrected chi connectivity index (χ3v) is 4.01. The number of benzene rings is 1. The Labute approximate surface area is 154 Å². The number of urea groups is 1. The fourth-order valence-corrected chi connectivity index (χ4v) is 2.66. The number of amides is 4. The highest BCUT2D eigenvalue weighted by molar-refractivity contribution is 6.44. The van der Waals surface area contributed by atoms with E-state index in [9.17, 15) is 14.4 Å². The van der Waals surface area contributed by atoms with Gasteiger partial charge in [-0.05, 0) is 26.0 Å². The Morgan fingerprint density at radius 1 is 1.11 bits per heavy atom. The summed E-state index contributed by atoms with van der Waals surface area (Å²) in [4.78, 5) is 42.2. The summed E-state index contributed by atoms with van der Waals surface area (Å²) in [6.45, 7) is 3.00. The molecule has 27 heavy (non-hydrogen) atoms. The standard InChI is InChI=1S/C17H18N4O6/c1-9(2)21-16(23)15(22)20(17(21)24)8-13-18-14(19-27-13)11-6-5-10(25-3)7-12(11)26-4/h5-7,9H,8H2,1-4H3. The van der Waals surface area contributed by atoms with E-state index in [4.69, 9.17) is 14.0 Å². The molecule has 3 rings (SSSR count). The Morgan fingerprint density at radius 2 is 1.85 bits per heavy atom. The zero-order chi connectivity index (χ0) is 19.7. The SMILES string of the molecule is COc1ccc(-c2noc(CN3C(=O)C(=O)N(C(C)C)C3=O)n2)c(OC)c1. The lowest BCUT2D eigenvalue weighted by molar-refractivity contribution is -0.144. The summed E-state index contributed by atoms with van der Waals surface area (Å²) in [5, 5.41) is 3.86. The first-order chi connectivity index (χ1) is 12.9. The van der Waals surface area contributed by atoms with Gasteiger partial charge in [0, 0.05) is 12.1 Å². The summed E-state index contributed by atoms with van der Waals surface area (Å²) in [6.07, 6.45) is 0. The van der Waals surface area contributed by atoms with Crippen LogP contribution in [-0.2, 0) is 16.1 Å². The van der Waals surface area contributed by atoms with Gasteiger partial charge in [-0.15, -0.1) is 0 Å². The lowest BCUT2D eigenvalue weighted by atomic mass is 10.2.